The molecule has 0 radical (unpaired) electrons. The van der Waals surface area contributed by atoms with Crippen LogP contribution in [-0.4, -0.2) is 23.3 Å². The first-order valence-corrected chi connectivity index (χ1v) is 7.58. The summed E-state index contributed by atoms with van der Waals surface area (Å²) >= 11 is 0. The van der Waals surface area contributed by atoms with Crippen LogP contribution in [0.5, 0.6) is 0 Å². The number of carbonyl (C=O) groups is 2. The summed E-state index contributed by atoms with van der Waals surface area (Å²) in [7, 11) is 0. The van der Waals surface area contributed by atoms with E-state index in [-0.39, 0.29) is 17.5 Å². The summed E-state index contributed by atoms with van der Waals surface area (Å²) in [5, 5.41) is 5.59. The third kappa shape index (κ3) is 4.92. The van der Waals surface area contributed by atoms with E-state index in [2.05, 4.69) is 15.6 Å². The molecule has 0 bridgehead atoms. The van der Waals surface area contributed by atoms with Crippen LogP contribution in [0.4, 0.5) is 5.69 Å². The molecule has 0 saturated carbocycles. The van der Waals surface area contributed by atoms with Gasteiger partial charge in [-0.1, -0.05) is 31.5 Å². The molecule has 0 unspecified atom stereocenters. The van der Waals surface area contributed by atoms with Crippen molar-refractivity contribution in [1.29, 1.82) is 0 Å². The van der Waals surface area contributed by atoms with E-state index in [0.29, 0.717) is 23.7 Å². The van der Waals surface area contributed by atoms with Crippen LogP contribution in [-0.2, 0) is 0 Å². The molecule has 2 N–H and O–H groups in total. The van der Waals surface area contributed by atoms with Crippen molar-refractivity contribution in [2.45, 2.75) is 20.8 Å². The molecule has 23 heavy (non-hydrogen) atoms. The predicted octanol–water partition coefficient (Wildman–Crippen LogP) is 3.03. The van der Waals surface area contributed by atoms with Crippen molar-refractivity contribution in [3.63, 3.8) is 0 Å². The van der Waals surface area contributed by atoms with Gasteiger partial charge < -0.3 is 10.6 Å². The highest BCUT2D eigenvalue weighted by molar-refractivity contribution is 6.04. The largest absolute Gasteiger partial charge is 0.352 e. The number of hydrogen-bond acceptors (Lipinski definition) is 3. The molecule has 2 amide bonds. The Morgan fingerprint density at radius 2 is 1.78 bits per heavy atom. The van der Waals surface area contributed by atoms with Crippen LogP contribution in [0.2, 0.25) is 0 Å². The molecule has 0 atom stereocenters. The highest BCUT2D eigenvalue weighted by Crippen LogP contribution is 2.11. The number of hydrogen-bond donors (Lipinski definition) is 2. The molecule has 1 aromatic heterocycles. The van der Waals surface area contributed by atoms with Gasteiger partial charge in [0, 0.05) is 24.0 Å². The number of aryl methyl sites for hydroxylation is 1. The first-order valence-electron chi connectivity index (χ1n) is 7.58. The smallest absolute Gasteiger partial charge is 0.274 e. The summed E-state index contributed by atoms with van der Waals surface area (Å²) in [4.78, 5) is 28.3. The molecule has 2 aromatic rings. The average molecular weight is 311 g/mol. The van der Waals surface area contributed by atoms with E-state index in [4.69, 9.17) is 0 Å². The van der Waals surface area contributed by atoms with Crippen molar-refractivity contribution >= 4 is 17.5 Å². The molecule has 5 heteroatoms. The van der Waals surface area contributed by atoms with E-state index in [1.165, 1.54) is 12.3 Å². The standard InChI is InChI=1S/C18H21N3O2/c1-12(2)11-20-17(22)14-8-9-19-16(10-14)18(23)21-15-6-4-13(3)5-7-15/h4-10,12H,11H2,1-3H3,(H,20,22)(H,21,23). The van der Waals surface area contributed by atoms with Gasteiger partial charge in [0.05, 0.1) is 0 Å². The van der Waals surface area contributed by atoms with E-state index in [0.717, 1.165) is 5.56 Å². The van der Waals surface area contributed by atoms with Gasteiger partial charge in [-0.3, -0.25) is 14.6 Å². The van der Waals surface area contributed by atoms with Crippen LogP contribution in [0.25, 0.3) is 0 Å². The van der Waals surface area contributed by atoms with Crippen molar-refractivity contribution < 1.29 is 9.59 Å². The lowest BCUT2D eigenvalue weighted by Gasteiger charge is -2.09. The average Bonchev–Trinajstić information content (AvgIpc) is 2.54. The van der Waals surface area contributed by atoms with Crippen LogP contribution in [0.3, 0.4) is 0 Å². The van der Waals surface area contributed by atoms with Crippen molar-refractivity contribution in [2.24, 2.45) is 5.92 Å². The van der Waals surface area contributed by atoms with Crippen LogP contribution < -0.4 is 10.6 Å². The van der Waals surface area contributed by atoms with Gasteiger partial charge in [0.25, 0.3) is 11.8 Å². The number of anilines is 1. The van der Waals surface area contributed by atoms with Crippen LogP contribution in [0.1, 0.15) is 40.3 Å². The van der Waals surface area contributed by atoms with Gasteiger partial charge in [-0.2, -0.15) is 0 Å². The fourth-order valence-electron chi connectivity index (χ4n) is 1.93. The maximum atomic E-state index is 12.2. The third-order valence-corrected chi connectivity index (χ3v) is 3.24. The lowest BCUT2D eigenvalue weighted by atomic mass is 10.1. The van der Waals surface area contributed by atoms with Gasteiger partial charge in [-0.25, -0.2) is 0 Å². The summed E-state index contributed by atoms with van der Waals surface area (Å²) in [6.07, 6.45) is 1.47. The number of nitrogens with one attached hydrogen (secondary N) is 2. The minimum atomic E-state index is -0.340. The Bertz CT molecular complexity index is 694. The Labute approximate surface area is 136 Å². The van der Waals surface area contributed by atoms with E-state index >= 15 is 0 Å². The normalized spacial score (nSPS) is 10.4. The minimum absolute atomic E-state index is 0.203. The Morgan fingerprint density at radius 3 is 2.43 bits per heavy atom. The molecular formula is C18H21N3O2. The van der Waals surface area contributed by atoms with E-state index < -0.39 is 0 Å². The molecule has 0 spiro atoms. The number of pyridine rings is 1. The zero-order valence-corrected chi connectivity index (χ0v) is 13.6. The zero-order chi connectivity index (χ0) is 16.8. The first-order chi connectivity index (χ1) is 11.0. The monoisotopic (exact) mass is 311 g/mol. The molecule has 1 heterocycles. The van der Waals surface area contributed by atoms with E-state index in [1.807, 2.05) is 45.0 Å². The Kier molecular flexibility index (Phi) is 5.46. The summed E-state index contributed by atoms with van der Waals surface area (Å²) < 4.78 is 0. The van der Waals surface area contributed by atoms with Crippen molar-refractivity contribution in [3.8, 4) is 0 Å². The molecule has 1 aromatic carbocycles. The Balaban J connectivity index is 2.07. The maximum Gasteiger partial charge on any atom is 0.274 e. The predicted molar refractivity (Wildman–Crippen MR) is 90.5 cm³/mol. The summed E-state index contributed by atoms with van der Waals surface area (Å²) in [6.45, 7) is 6.61. The molecule has 0 aliphatic rings. The van der Waals surface area contributed by atoms with Gasteiger partial charge >= 0.3 is 0 Å². The van der Waals surface area contributed by atoms with Gasteiger partial charge in [-0.15, -0.1) is 0 Å². The minimum Gasteiger partial charge on any atom is -0.352 e. The second kappa shape index (κ2) is 7.54. The molecular weight excluding hydrogens is 290 g/mol. The molecule has 120 valence electrons. The quantitative estimate of drug-likeness (QED) is 0.891. The number of amides is 2. The maximum absolute atomic E-state index is 12.2. The van der Waals surface area contributed by atoms with E-state index in [9.17, 15) is 9.59 Å². The second-order valence-electron chi connectivity index (χ2n) is 5.85. The van der Waals surface area contributed by atoms with E-state index in [1.54, 1.807) is 6.07 Å². The highest BCUT2D eigenvalue weighted by atomic mass is 16.2. The molecule has 0 fully saturated rings. The number of aromatic nitrogens is 1. The first kappa shape index (κ1) is 16.7. The summed E-state index contributed by atoms with van der Waals surface area (Å²) in [5.74, 6) is -0.178. The third-order valence-electron chi connectivity index (χ3n) is 3.24. The zero-order valence-electron chi connectivity index (χ0n) is 13.6. The van der Waals surface area contributed by atoms with Gasteiger partial charge in [0.1, 0.15) is 5.69 Å². The lowest BCUT2D eigenvalue weighted by Crippen LogP contribution is -2.27. The molecule has 0 aliphatic heterocycles. The fourth-order valence-corrected chi connectivity index (χ4v) is 1.93. The Morgan fingerprint density at radius 1 is 1.09 bits per heavy atom. The number of rotatable bonds is 5. The van der Waals surface area contributed by atoms with Crippen LogP contribution in [0, 0.1) is 12.8 Å². The molecule has 5 nitrogen and oxygen atoms in total. The molecule has 0 aliphatic carbocycles. The lowest BCUT2D eigenvalue weighted by molar-refractivity contribution is 0.0949. The fraction of sp³-hybridized carbons (Fsp3) is 0.278. The summed E-state index contributed by atoms with van der Waals surface area (Å²) in [5.41, 5.74) is 2.44. The highest BCUT2D eigenvalue weighted by Gasteiger charge is 2.12. The van der Waals surface area contributed by atoms with Gasteiger partial charge in [0.15, 0.2) is 0 Å². The van der Waals surface area contributed by atoms with Crippen molar-refractivity contribution in [3.05, 3.63) is 59.4 Å². The molecule has 2 rings (SSSR count). The topological polar surface area (TPSA) is 71.1 Å². The van der Waals surface area contributed by atoms with Gasteiger partial charge in [0.2, 0.25) is 0 Å². The molecule has 0 saturated heterocycles. The number of carbonyl (C=O) groups excluding carboxylic acids is 2. The number of benzene rings is 1. The second-order valence-corrected chi connectivity index (χ2v) is 5.85. The Hall–Kier alpha value is -2.69. The van der Waals surface area contributed by atoms with Crippen LogP contribution in [0.15, 0.2) is 42.6 Å². The van der Waals surface area contributed by atoms with Crippen molar-refractivity contribution in [2.75, 3.05) is 11.9 Å². The van der Waals surface area contributed by atoms with Crippen molar-refractivity contribution in [1.82, 2.24) is 10.3 Å². The van der Waals surface area contributed by atoms with Crippen LogP contribution >= 0.6 is 0 Å². The summed E-state index contributed by atoms with van der Waals surface area (Å²) in [6, 6.07) is 10.6. The van der Waals surface area contributed by atoms with Gasteiger partial charge in [-0.05, 0) is 37.1 Å². The number of nitrogens with zero attached hydrogens (tertiary/aromatic N) is 1. The SMILES string of the molecule is Cc1ccc(NC(=O)c2cc(C(=O)NCC(C)C)ccn2)cc1.